The van der Waals surface area contributed by atoms with Crippen LogP contribution in [0.5, 0.6) is 0 Å². The minimum absolute atomic E-state index is 0.127. The molecule has 0 fully saturated rings. The van der Waals surface area contributed by atoms with Gasteiger partial charge < -0.3 is 15.2 Å². The number of carbonyl (C=O) groups is 1. The Morgan fingerprint density at radius 3 is 3.12 bits per heavy atom. The number of rotatable bonds is 6. The first kappa shape index (κ1) is 16.6. The molecule has 1 aliphatic heterocycles. The zero-order valence-corrected chi connectivity index (χ0v) is 13.8. The van der Waals surface area contributed by atoms with Crippen molar-refractivity contribution >= 4 is 5.91 Å². The van der Waals surface area contributed by atoms with Crippen LogP contribution in [0.1, 0.15) is 37.1 Å². The molecule has 2 aromatic rings. The molecule has 0 saturated heterocycles. The predicted octanol–water partition coefficient (Wildman–Crippen LogP) is 2.19. The molecule has 0 aliphatic carbocycles. The van der Waals surface area contributed by atoms with E-state index in [1.165, 1.54) is 6.07 Å². The highest BCUT2D eigenvalue weighted by Gasteiger charge is 2.22. The zero-order valence-electron chi connectivity index (χ0n) is 13.8. The van der Waals surface area contributed by atoms with Gasteiger partial charge >= 0.3 is 0 Å². The van der Waals surface area contributed by atoms with E-state index in [9.17, 15) is 9.18 Å². The van der Waals surface area contributed by atoms with E-state index in [1.54, 1.807) is 18.2 Å². The van der Waals surface area contributed by atoms with E-state index in [0.717, 1.165) is 25.2 Å². The van der Waals surface area contributed by atoms with E-state index in [0.29, 0.717) is 18.0 Å². The van der Waals surface area contributed by atoms with Crippen LogP contribution < -0.4 is 10.6 Å². The Morgan fingerprint density at radius 1 is 1.46 bits per heavy atom. The number of nitrogens with zero attached hydrogens (tertiary/aromatic N) is 2. The number of aryl methyl sites for hydroxylation is 1. The summed E-state index contributed by atoms with van der Waals surface area (Å²) in [6, 6.07) is 6.14. The van der Waals surface area contributed by atoms with E-state index >= 15 is 0 Å². The maximum absolute atomic E-state index is 13.6. The largest absolute Gasteiger partial charge is 0.351 e. The van der Waals surface area contributed by atoms with Crippen LogP contribution in [0.3, 0.4) is 0 Å². The molecule has 0 saturated carbocycles. The molecular weight excluding hydrogens is 307 g/mol. The third kappa shape index (κ3) is 3.82. The highest BCUT2D eigenvalue weighted by Crippen LogP contribution is 2.24. The number of halogens is 1. The van der Waals surface area contributed by atoms with Gasteiger partial charge in [-0.15, -0.1) is 0 Å². The van der Waals surface area contributed by atoms with Crippen LogP contribution >= 0.6 is 0 Å². The molecule has 1 aromatic heterocycles. The number of aromatic nitrogens is 2. The molecule has 0 bridgehead atoms. The summed E-state index contributed by atoms with van der Waals surface area (Å²) in [6.45, 7) is 3.76. The SMILES string of the molecule is CC(NCC1CCCn2ccnc21)C(=O)NCc1ccccc1F. The van der Waals surface area contributed by atoms with Gasteiger partial charge in [0.05, 0.1) is 6.04 Å². The fraction of sp³-hybridized carbons (Fsp3) is 0.444. The number of imidazole rings is 1. The third-order valence-electron chi connectivity index (χ3n) is 4.54. The number of hydrogen-bond acceptors (Lipinski definition) is 3. The summed E-state index contributed by atoms with van der Waals surface area (Å²) in [6.07, 6.45) is 6.04. The number of nitrogens with one attached hydrogen (secondary N) is 2. The van der Waals surface area contributed by atoms with Gasteiger partial charge in [-0.05, 0) is 25.8 Å². The second kappa shape index (κ2) is 7.57. The van der Waals surface area contributed by atoms with Gasteiger partial charge in [-0.3, -0.25) is 4.79 Å². The van der Waals surface area contributed by atoms with Gasteiger partial charge in [0.15, 0.2) is 0 Å². The van der Waals surface area contributed by atoms with Crippen molar-refractivity contribution in [1.29, 1.82) is 0 Å². The van der Waals surface area contributed by atoms with E-state index in [4.69, 9.17) is 0 Å². The maximum Gasteiger partial charge on any atom is 0.237 e. The fourth-order valence-electron chi connectivity index (χ4n) is 3.09. The van der Waals surface area contributed by atoms with Crippen molar-refractivity contribution in [3.63, 3.8) is 0 Å². The lowest BCUT2D eigenvalue weighted by Crippen LogP contribution is -2.43. The summed E-state index contributed by atoms with van der Waals surface area (Å²) in [5.74, 6) is 0.994. The molecule has 24 heavy (non-hydrogen) atoms. The number of amides is 1. The number of benzene rings is 1. The van der Waals surface area contributed by atoms with Crippen LogP contribution in [0.15, 0.2) is 36.7 Å². The summed E-state index contributed by atoms with van der Waals surface area (Å²) in [4.78, 5) is 16.6. The average Bonchev–Trinajstić information content (AvgIpc) is 3.08. The molecule has 128 valence electrons. The molecule has 1 aromatic carbocycles. The monoisotopic (exact) mass is 330 g/mol. The highest BCUT2D eigenvalue weighted by atomic mass is 19.1. The summed E-state index contributed by atoms with van der Waals surface area (Å²) in [5, 5.41) is 6.05. The minimum Gasteiger partial charge on any atom is -0.351 e. The second-order valence-electron chi connectivity index (χ2n) is 6.26. The molecule has 1 aliphatic rings. The van der Waals surface area contributed by atoms with Crippen LogP contribution in [0, 0.1) is 5.82 Å². The lowest BCUT2D eigenvalue weighted by Gasteiger charge is -2.25. The molecule has 3 rings (SSSR count). The van der Waals surface area contributed by atoms with Crippen molar-refractivity contribution in [1.82, 2.24) is 20.2 Å². The van der Waals surface area contributed by atoms with Crippen LogP contribution in [-0.4, -0.2) is 28.0 Å². The Hall–Kier alpha value is -2.21. The first-order valence-corrected chi connectivity index (χ1v) is 8.40. The molecule has 0 radical (unpaired) electrons. The van der Waals surface area contributed by atoms with Crippen molar-refractivity contribution in [2.24, 2.45) is 0 Å². The van der Waals surface area contributed by atoms with E-state index in [2.05, 4.69) is 20.2 Å². The first-order valence-electron chi connectivity index (χ1n) is 8.40. The van der Waals surface area contributed by atoms with Gasteiger partial charge in [0.2, 0.25) is 5.91 Å². The number of carbonyl (C=O) groups excluding carboxylic acids is 1. The van der Waals surface area contributed by atoms with Gasteiger partial charge in [-0.25, -0.2) is 9.37 Å². The molecule has 6 heteroatoms. The summed E-state index contributed by atoms with van der Waals surface area (Å²) in [5.41, 5.74) is 0.493. The Bertz CT molecular complexity index is 700. The van der Waals surface area contributed by atoms with Crippen LogP contribution in [0.4, 0.5) is 4.39 Å². The van der Waals surface area contributed by atoms with Crippen molar-refractivity contribution in [3.05, 3.63) is 53.9 Å². The Morgan fingerprint density at radius 2 is 2.29 bits per heavy atom. The van der Waals surface area contributed by atoms with Crippen molar-refractivity contribution in [3.8, 4) is 0 Å². The van der Waals surface area contributed by atoms with E-state index < -0.39 is 0 Å². The zero-order chi connectivity index (χ0) is 16.9. The van der Waals surface area contributed by atoms with Crippen molar-refractivity contribution < 1.29 is 9.18 Å². The molecule has 1 amide bonds. The topological polar surface area (TPSA) is 59.0 Å². The Balaban J connectivity index is 1.48. The lowest BCUT2D eigenvalue weighted by molar-refractivity contribution is -0.122. The lowest BCUT2D eigenvalue weighted by atomic mass is 9.98. The normalized spacial score (nSPS) is 18.0. The van der Waals surface area contributed by atoms with Gasteiger partial charge in [-0.2, -0.15) is 0 Å². The van der Waals surface area contributed by atoms with Gasteiger partial charge in [0.25, 0.3) is 0 Å². The minimum atomic E-state index is -0.331. The molecule has 2 heterocycles. The van der Waals surface area contributed by atoms with Crippen LogP contribution in [0.2, 0.25) is 0 Å². The quantitative estimate of drug-likeness (QED) is 0.854. The molecule has 5 nitrogen and oxygen atoms in total. The van der Waals surface area contributed by atoms with Gasteiger partial charge in [-0.1, -0.05) is 18.2 Å². The number of hydrogen-bond donors (Lipinski definition) is 2. The van der Waals surface area contributed by atoms with Crippen molar-refractivity contribution in [2.45, 2.75) is 44.8 Å². The van der Waals surface area contributed by atoms with Gasteiger partial charge in [0.1, 0.15) is 11.6 Å². The third-order valence-corrected chi connectivity index (χ3v) is 4.54. The maximum atomic E-state index is 13.6. The fourth-order valence-corrected chi connectivity index (χ4v) is 3.09. The molecule has 2 unspecified atom stereocenters. The smallest absolute Gasteiger partial charge is 0.237 e. The van der Waals surface area contributed by atoms with Gasteiger partial charge in [0, 0.05) is 43.5 Å². The summed E-state index contributed by atoms with van der Waals surface area (Å²) < 4.78 is 15.7. The molecule has 2 N–H and O–H groups in total. The molecule has 2 atom stereocenters. The highest BCUT2D eigenvalue weighted by molar-refractivity contribution is 5.81. The van der Waals surface area contributed by atoms with Crippen LogP contribution in [-0.2, 0) is 17.9 Å². The second-order valence-corrected chi connectivity index (χ2v) is 6.26. The number of fused-ring (bicyclic) bond motifs is 1. The summed E-state index contributed by atoms with van der Waals surface area (Å²) in [7, 11) is 0. The first-order chi connectivity index (χ1) is 11.6. The average molecular weight is 330 g/mol. The Kier molecular flexibility index (Phi) is 5.25. The molecular formula is C18H23FN4O. The van der Waals surface area contributed by atoms with E-state index in [1.807, 2.05) is 19.3 Å². The summed E-state index contributed by atoms with van der Waals surface area (Å²) >= 11 is 0. The van der Waals surface area contributed by atoms with Crippen LogP contribution in [0.25, 0.3) is 0 Å². The molecule has 0 spiro atoms. The van der Waals surface area contributed by atoms with E-state index in [-0.39, 0.29) is 24.3 Å². The predicted molar refractivity (Wildman–Crippen MR) is 89.9 cm³/mol. The Labute approximate surface area is 141 Å². The standard InChI is InChI=1S/C18H23FN4O/c1-13(18(24)22-11-14-5-2-3-7-16(14)19)21-12-15-6-4-9-23-10-8-20-17(15)23/h2-3,5,7-8,10,13,15,21H,4,6,9,11-12H2,1H3,(H,22,24). The van der Waals surface area contributed by atoms with Crippen molar-refractivity contribution in [2.75, 3.05) is 6.54 Å².